The van der Waals surface area contributed by atoms with E-state index >= 15 is 0 Å². The number of nitrogens with zero attached hydrogens (tertiary/aromatic N) is 2. The van der Waals surface area contributed by atoms with Crippen LogP contribution in [0.2, 0.25) is 0 Å². The molecule has 1 aromatic rings. The van der Waals surface area contributed by atoms with E-state index < -0.39 is 0 Å². The highest BCUT2D eigenvalue weighted by Crippen LogP contribution is 2.18. The Bertz CT molecular complexity index is 400. The molecule has 0 aliphatic rings. The number of rotatable bonds is 7. The third-order valence-corrected chi connectivity index (χ3v) is 3.66. The molecule has 5 heteroatoms. The van der Waals surface area contributed by atoms with Crippen LogP contribution in [0.15, 0.2) is 12.3 Å². The molecule has 0 saturated heterocycles. The van der Waals surface area contributed by atoms with E-state index in [4.69, 9.17) is 4.74 Å². The number of hydrogen-bond donors (Lipinski definition) is 1. The van der Waals surface area contributed by atoms with Crippen LogP contribution < -0.4 is 5.32 Å². The first-order chi connectivity index (χ1) is 8.98. The van der Waals surface area contributed by atoms with Crippen molar-refractivity contribution in [1.29, 1.82) is 0 Å². The Balaban J connectivity index is 2.64. The van der Waals surface area contributed by atoms with Gasteiger partial charge in [0.15, 0.2) is 0 Å². The van der Waals surface area contributed by atoms with Crippen LogP contribution in [0.4, 0.5) is 0 Å². The van der Waals surface area contributed by atoms with Crippen molar-refractivity contribution < 1.29 is 9.53 Å². The van der Waals surface area contributed by atoms with Gasteiger partial charge in [0.05, 0.1) is 5.60 Å². The first-order valence-corrected chi connectivity index (χ1v) is 6.86. The van der Waals surface area contributed by atoms with Gasteiger partial charge in [0.1, 0.15) is 5.69 Å². The van der Waals surface area contributed by atoms with Crippen LogP contribution in [0.1, 0.15) is 57.1 Å². The maximum Gasteiger partial charge on any atom is 0.271 e. The Kier molecular flexibility index (Phi) is 5.54. The lowest BCUT2D eigenvalue weighted by atomic mass is 9.97. The van der Waals surface area contributed by atoms with Crippen molar-refractivity contribution in [2.24, 2.45) is 0 Å². The van der Waals surface area contributed by atoms with Gasteiger partial charge in [-0.25, -0.2) is 0 Å². The van der Waals surface area contributed by atoms with Crippen molar-refractivity contribution in [2.45, 2.75) is 52.2 Å². The molecule has 0 aliphatic carbocycles. The Hall–Kier alpha value is -1.36. The second-order valence-electron chi connectivity index (χ2n) is 5.05. The third-order valence-electron chi connectivity index (χ3n) is 3.66. The average Bonchev–Trinajstić information content (AvgIpc) is 2.90. The van der Waals surface area contributed by atoms with Crippen molar-refractivity contribution >= 4 is 5.91 Å². The van der Waals surface area contributed by atoms with Crippen LogP contribution in [-0.4, -0.2) is 34.9 Å². The standard InChI is InChI=1S/C14H25N3O2/c1-6-14(7-2,19-5)10-15-13(18)12-8-9-17(16-12)11(3)4/h8-9,11H,6-7,10H2,1-5H3,(H,15,18). The van der Waals surface area contributed by atoms with Crippen LogP contribution in [0.3, 0.4) is 0 Å². The highest BCUT2D eigenvalue weighted by atomic mass is 16.5. The molecule has 0 aliphatic heterocycles. The zero-order valence-electron chi connectivity index (χ0n) is 12.6. The maximum absolute atomic E-state index is 12.0. The predicted octanol–water partition coefficient (Wildman–Crippen LogP) is 2.40. The van der Waals surface area contributed by atoms with Gasteiger partial charge in [-0.1, -0.05) is 13.8 Å². The lowest BCUT2D eigenvalue weighted by molar-refractivity contribution is -0.0147. The van der Waals surface area contributed by atoms with Crippen molar-refractivity contribution in [3.8, 4) is 0 Å². The van der Waals surface area contributed by atoms with Gasteiger partial charge in [0.2, 0.25) is 0 Å². The fourth-order valence-corrected chi connectivity index (χ4v) is 1.94. The average molecular weight is 267 g/mol. The Morgan fingerprint density at radius 2 is 2.11 bits per heavy atom. The van der Waals surface area contributed by atoms with E-state index in [1.807, 2.05) is 20.0 Å². The molecule has 19 heavy (non-hydrogen) atoms. The molecule has 0 fully saturated rings. The quantitative estimate of drug-likeness (QED) is 0.825. The van der Waals surface area contributed by atoms with Gasteiger partial charge in [-0.05, 0) is 32.8 Å². The molecule has 0 spiro atoms. The normalized spacial score (nSPS) is 11.9. The van der Waals surface area contributed by atoms with E-state index in [1.165, 1.54) is 0 Å². The molecule has 1 N–H and O–H groups in total. The van der Waals surface area contributed by atoms with Gasteiger partial charge >= 0.3 is 0 Å². The van der Waals surface area contributed by atoms with E-state index in [-0.39, 0.29) is 17.6 Å². The summed E-state index contributed by atoms with van der Waals surface area (Å²) in [5.41, 5.74) is 0.168. The van der Waals surface area contributed by atoms with Gasteiger partial charge in [-0.3, -0.25) is 9.48 Å². The molecule has 1 heterocycles. The second kappa shape index (κ2) is 6.70. The summed E-state index contributed by atoms with van der Waals surface area (Å²) >= 11 is 0. The minimum atomic E-state index is -0.281. The molecule has 0 aromatic carbocycles. The molecule has 0 atom stereocenters. The van der Waals surface area contributed by atoms with Gasteiger partial charge < -0.3 is 10.1 Å². The smallest absolute Gasteiger partial charge is 0.271 e. The molecular weight excluding hydrogens is 242 g/mol. The zero-order chi connectivity index (χ0) is 14.5. The summed E-state index contributed by atoms with van der Waals surface area (Å²) in [6.07, 6.45) is 3.55. The molecule has 1 amide bonds. The monoisotopic (exact) mass is 267 g/mol. The van der Waals surface area contributed by atoms with Crippen molar-refractivity contribution in [3.63, 3.8) is 0 Å². The lowest BCUT2D eigenvalue weighted by Gasteiger charge is -2.30. The fourth-order valence-electron chi connectivity index (χ4n) is 1.94. The fraction of sp³-hybridized carbons (Fsp3) is 0.714. The van der Waals surface area contributed by atoms with E-state index in [2.05, 4.69) is 24.3 Å². The summed E-state index contributed by atoms with van der Waals surface area (Å²) in [5.74, 6) is -0.150. The van der Waals surface area contributed by atoms with Crippen molar-refractivity contribution in [1.82, 2.24) is 15.1 Å². The second-order valence-corrected chi connectivity index (χ2v) is 5.05. The molecule has 0 bridgehead atoms. The summed E-state index contributed by atoms with van der Waals surface area (Å²) in [6, 6.07) is 1.99. The number of aromatic nitrogens is 2. The van der Waals surface area contributed by atoms with Crippen LogP contribution >= 0.6 is 0 Å². The largest absolute Gasteiger partial charge is 0.376 e. The number of hydrogen-bond acceptors (Lipinski definition) is 3. The lowest BCUT2D eigenvalue weighted by Crippen LogP contribution is -2.43. The molecule has 0 unspecified atom stereocenters. The van der Waals surface area contributed by atoms with Crippen molar-refractivity contribution in [3.05, 3.63) is 18.0 Å². The number of amides is 1. The van der Waals surface area contributed by atoms with E-state index in [9.17, 15) is 4.79 Å². The molecule has 5 nitrogen and oxygen atoms in total. The minimum Gasteiger partial charge on any atom is -0.376 e. The topological polar surface area (TPSA) is 56.2 Å². The maximum atomic E-state index is 12.0. The third kappa shape index (κ3) is 3.80. The van der Waals surface area contributed by atoms with Gasteiger partial charge in [0, 0.05) is 25.9 Å². The Morgan fingerprint density at radius 3 is 2.53 bits per heavy atom. The molecule has 108 valence electrons. The molecule has 0 saturated carbocycles. The van der Waals surface area contributed by atoms with Gasteiger partial charge in [0.25, 0.3) is 5.91 Å². The zero-order valence-corrected chi connectivity index (χ0v) is 12.6. The SMILES string of the molecule is CCC(CC)(CNC(=O)c1ccn(C(C)C)n1)OC. The van der Waals surface area contributed by atoms with E-state index in [1.54, 1.807) is 17.9 Å². The van der Waals surface area contributed by atoms with Crippen LogP contribution in [-0.2, 0) is 4.74 Å². The van der Waals surface area contributed by atoms with Crippen LogP contribution in [0, 0.1) is 0 Å². The minimum absolute atomic E-state index is 0.150. The van der Waals surface area contributed by atoms with Gasteiger partial charge in [-0.2, -0.15) is 5.10 Å². The number of methoxy groups -OCH3 is 1. The Labute approximate surface area is 115 Å². The van der Waals surface area contributed by atoms with E-state index in [0.29, 0.717) is 12.2 Å². The first-order valence-electron chi connectivity index (χ1n) is 6.86. The van der Waals surface area contributed by atoms with Crippen LogP contribution in [0.25, 0.3) is 0 Å². The number of carbonyl (C=O) groups excluding carboxylic acids is 1. The summed E-state index contributed by atoms with van der Waals surface area (Å²) in [6.45, 7) is 8.68. The van der Waals surface area contributed by atoms with E-state index in [0.717, 1.165) is 12.8 Å². The van der Waals surface area contributed by atoms with Crippen molar-refractivity contribution in [2.75, 3.05) is 13.7 Å². The summed E-state index contributed by atoms with van der Waals surface area (Å²) in [4.78, 5) is 12.0. The highest BCUT2D eigenvalue weighted by molar-refractivity contribution is 5.92. The summed E-state index contributed by atoms with van der Waals surface area (Å²) in [5, 5.41) is 7.16. The number of ether oxygens (including phenoxy) is 1. The summed E-state index contributed by atoms with van der Waals surface area (Å²) in [7, 11) is 1.69. The van der Waals surface area contributed by atoms with Gasteiger partial charge in [-0.15, -0.1) is 0 Å². The first kappa shape index (κ1) is 15.7. The summed E-state index contributed by atoms with van der Waals surface area (Å²) < 4.78 is 7.30. The van der Waals surface area contributed by atoms with Crippen LogP contribution in [0.5, 0.6) is 0 Å². The Morgan fingerprint density at radius 1 is 1.47 bits per heavy atom. The molecular formula is C14H25N3O2. The molecule has 0 radical (unpaired) electrons. The molecule has 1 rings (SSSR count). The number of carbonyl (C=O) groups is 1. The highest BCUT2D eigenvalue weighted by Gasteiger charge is 2.26. The predicted molar refractivity (Wildman–Crippen MR) is 75.3 cm³/mol. The number of nitrogens with one attached hydrogen (secondary N) is 1. The molecule has 1 aromatic heterocycles.